The lowest BCUT2D eigenvalue weighted by atomic mass is 10.0. The van der Waals surface area contributed by atoms with Gasteiger partial charge in [-0.1, -0.05) is 54.1 Å². The lowest BCUT2D eigenvalue weighted by Gasteiger charge is -2.31. The van der Waals surface area contributed by atoms with Crippen LogP contribution in [0.25, 0.3) is 0 Å². The van der Waals surface area contributed by atoms with Crippen LogP contribution in [-0.4, -0.2) is 26.0 Å². The van der Waals surface area contributed by atoms with Crippen LogP contribution in [0.5, 0.6) is 0 Å². The molecule has 0 saturated carbocycles. The van der Waals surface area contributed by atoms with Gasteiger partial charge in [-0.05, 0) is 31.0 Å². The van der Waals surface area contributed by atoms with Gasteiger partial charge in [0, 0.05) is 22.7 Å². The maximum atomic E-state index is 14.2. The van der Waals surface area contributed by atoms with Gasteiger partial charge in [-0.15, -0.1) is 0 Å². The summed E-state index contributed by atoms with van der Waals surface area (Å²) in [5.41, 5.74) is -2.56. The van der Waals surface area contributed by atoms with Gasteiger partial charge in [-0.3, -0.25) is 13.9 Å². The van der Waals surface area contributed by atoms with Gasteiger partial charge in [0.2, 0.25) is 0 Å². The Morgan fingerprint density at radius 3 is 2.47 bits per heavy atom. The number of benzene rings is 2. The van der Waals surface area contributed by atoms with Crippen molar-refractivity contribution >= 4 is 24.0 Å². The fourth-order valence-electron chi connectivity index (χ4n) is 4.33. The first-order valence-corrected chi connectivity index (χ1v) is 12.4. The van der Waals surface area contributed by atoms with Crippen LogP contribution in [0, 0.1) is 11.3 Å². The van der Waals surface area contributed by atoms with Crippen molar-refractivity contribution in [3.05, 3.63) is 97.8 Å². The molecule has 0 radical (unpaired) electrons. The van der Waals surface area contributed by atoms with E-state index in [1.807, 2.05) is 6.07 Å². The zero-order valence-electron chi connectivity index (χ0n) is 17.3. The summed E-state index contributed by atoms with van der Waals surface area (Å²) in [6, 6.07) is 17.2. The minimum absolute atomic E-state index is 0.0884. The molecule has 9 heteroatoms. The standard InChI is InChI=1S/C23H21ClN3O4P/c1-23(30)11-12-32(31,19-5-3-2-4-6-19)21(23)27-15-17(13-25)20(28)26(22(27)29)14-16-7-9-18(24)10-8-16/h2-10,15,21,30H,11-12,14H2,1H3/t21-,23-,32+/m1/s1. The Kier molecular flexibility index (Phi) is 5.72. The average molecular weight is 470 g/mol. The first-order valence-electron chi connectivity index (χ1n) is 10.0. The zero-order valence-corrected chi connectivity index (χ0v) is 19.0. The highest BCUT2D eigenvalue weighted by Crippen LogP contribution is 2.66. The lowest BCUT2D eigenvalue weighted by Crippen LogP contribution is -2.46. The fraction of sp³-hybridized carbons (Fsp3) is 0.261. The van der Waals surface area contributed by atoms with E-state index >= 15 is 0 Å². The third-order valence-corrected chi connectivity index (χ3v) is 9.84. The number of nitriles is 1. The van der Waals surface area contributed by atoms with E-state index in [0.29, 0.717) is 15.9 Å². The average Bonchev–Trinajstić information content (AvgIpc) is 3.03. The summed E-state index contributed by atoms with van der Waals surface area (Å²) in [5, 5.41) is 21.8. The molecule has 0 spiro atoms. The molecule has 2 aromatic carbocycles. The number of halogens is 1. The Hall–Kier alpha value is -2.91. The maximum absolute atomic E-state index is 14.2. The molecule has 1 aliphatic rings. The molecular weight excluding hydrogens is 449 g/mol. The van der Waals surface area contributed by atoms with E-state index < -0.39 is 29.8 Å². The normalized spacial score (nSPS) is 24.9. The predicted octanol–water partition coefficient (Wildman–Crippen LogP) is 2.93. The van der Waals surface area contributed by atoms with Crippen LogP contribution in [0.1, 0.15) is 30.3 Å². The molecular formula is C23H21ClN3O4P. The molecule has 0 aliphatic carbocycles. The molecule has 1 saturated heterocycles. The van der Waals surface area contributed by atoms with E-state index in [2.05, 4.69) is 0 Å². The smallest absolute Gasteiger partial charge is 0.332 e. The predicted molar refractivity (Wildman–Crippen MR) is 123 cm³/mol. The fourth-order valence-corrected chi connectivity index (χ4v) is 8.30. The number of aromatic nitrogens is 2. The van der Waals surface area contributed by atoms with Crippen molar-refractivity contribution in [3.63, 3.8) is 0 Å². The quantitative estimate of drug-likeness (QED) is 0.591. The van der Waals surface area contributed by atoms with Crippen molar-refractivity contribution in [2.45, 2.75) is 31.3 Å². The van der Waals surface area contributed by atoms with E-state index in [1.54, 1.807) is 54.6 Å². The number of hydrogen-bond acceptors (Lipinski definition) is 5. The first-order chi connectivity index (χ1) is 15.2. The first kappa shape index (κ1) is 22.3. The highest BCUT2D eigenvalue weighted by Gasteiger charge is 2.54. The van der Waals surface area contributed by atoms with E-state index in [-0.39, 0.29) is 24.7 Å². The van der Waals surface area contributed by atoms with Crippen LogP contribution in [0.3, 0.4) is 0 Å². The second-order valence-corrected chi connectivity index (χ2v) is 11.7. The highest BCUT2D eigenvalue weighted by atomic mass is 35.5. The van der Waals surface area contributed by atoms with E-state index in [9.17, 15) is 24.5 Å². The Balaban J connectivity index is 1.93. The summed E-state index contributed by atoms with van der Waals surface area (Å²) in [6.07, 6.45) is 1.55. The SMILES string of the molecule is C[C@@]1(O)CC[P@](=O)(c2ccccc2)[C@H]1n1cc(C#N)c(=O)n(Cc2ccc(Cl)cc2)c1=O. The van der Waals surface area contributed by atoms with Gasteiger partial charge in [-0.25, -0.2) is 4.79 Å². The molecule has 2 heterocycles. The van der Waals surface area contributed by atoms with Gasteiger partial charge >= 0.3 is 5.69 Å². The van der Waals surface area contributed by atoms with Crippen molar-refractivity contribution in [3.8, 4) is 6.07 Å². The van der Waals surface area contributed by atoms with Gasteiger partial charge in [0.05, 0.1) is 12.1 Å². The summed E-state index contributed by atoms with van der Waals surface area (Å²) in [5.74, 6) is -1.10. The van der Waals surface area contributed by atoms with Crippen LogP contribution < -0.4 is 16.6 Å². The van der Waals surface area contributed by atoms with Crippen molar-refractivity contribution in [1.29, 1.82) is 5.26 Å². The van der Waals surface area contributed by atoms with Crippen molar-refractivity contribution in [2.75, 3.05) is 6.16 Å². The van der Waals surface area contributed by atoms with Crippen LogP contribution >= 0.6 is 18.7 Å². The molecule has 4 rings (SSSR count). The molecule has 0 amide bonds. The Morgan fingerprint density at radius 2 is 1.84 bits per heavy atom. The monoisotopic (exact) mass is 469 g/mol. The molecule has 1 N–H and O–H groups in total. The Labute approximate surface area is 189 Å². The second kappa shape index (κ2) is 8.22. The van der Waals surface area contributed by atoms with Gasteiger partial charge in [0.15, 0.2) is 0 Å². The maximum Gasteiger partial charge on any atom is 0.332 e. The number of rotatable bonds is 4. The Bertz CT molecular complexity index is 1370. The molecule has 1 fully saturated rings. The van der Waals surface area contributed by atoms with E-state index in [1.165, 1.54) is 6.92 Å². The van der Waals surface area contributed by atoms with Crippen LogP contribution in [0.15, 0.2) is 70.4 Å². The number of hydrogen-bond donors (Lipinski definition) is 1. The molecule has 0 bridgehead atoms. The molecule has 1 aromatic heterocycles. The van der Waals surface area contributed by atoms with E-state index in [4.69, 9.17) is 11.6 Å². The van der Waals surface area contributed by atoms with Crippen LogP contribution in [0.4, 0.5) is 0 Å². The molecule has 3 atom stereocenters. The summed E-state index contributed by atoms with van der Waals surface area (Å²) in [7, 11) is -3.29. The topological polar surface area (TPSA) is 105 Å². The molecule has 0 unspecified atom stereocenters. The number of nitrogens with zero attached hydrogens (tertiary/aromatic N) is 3. The third-order valence-electron chi connectivity index (χ3n) is 5.93. The van der Waals surface area contributed by atoms with Gasteiger partial charge in [0.25, 0.3) is 5.56 Å². The van der Waals surface area contributed by atoms with Gasteiger partial charge < -0.3 is 9.67 Å². The molecule has 164 valence electrons. The van der Waals surface area contributed by atoms with E-state index in [0.717, 1.165) is 15.3 Å². The molecule has 32 heavy (non-hydrogen) atoms. The largest absolute Gasteiger partial charge is 0.387 e. The Morgan fingerprint density at radius 1 is 1.19 bits per heavy atom. The molecule has 3 aromatic rings. The van der Waals surface area contributed by atoms with Crippen molar-refractivity contribution in [1.82, 2.24) is 9.13 Å². The van der Waals surface area contributed by atoms with Crippen molar-refractivity contribution < 1.29 is 9.67 Å². The molecule has 1 aliphatic heterocycles. The lowest BCUT2D eigenvalue weighted by molar-refractivity contribution is 0.0394. The summed E-state index contributed by atoms with van der Waals surface area (Å²) < 4.78 is 16.3. The van der Waals surface area contributed by atoms with Crippen LogP contribution in [-0.2, 0) is 11.1 Å². The number of aliphatic hydroxyl groups is 1. The van der Waals surface area contributed by atoms with Crippen molar-refractivity contribution in [2.24, 2.45) is 0 Å². The highest BCUT2D eigenvalue weighted by molar-refractivity contribution is 7.72. The summed E-state index contributed by atoms with van der Waals surface area (Å²) in [6.45, 7) is 1.45. The minimum Gasteiger partial charge on any atom is -0.387 e. The molecule has 7 nitrogen and oxygen atoms in total. The van der Waals surface area contributed by atoms with Gasteiger partial charge in [0.1, 0.15) is 24.6 Å². The summed E-state index contributed by atoms with van der Waals surface area (Å²) >= 11 is 5.92. The third kappa shape index (κ3) is 3.75. The van der Waals surface area contributed by atoms with Crippen LogP contribution in [0.2, 0.25) is 5.02 Å². The minimum atomic E-state index is -3.29. The van der Waals surface area contributed by atoms with Gasteiger partial charge in [-0.2, -0.15) is 5.26 Å². The second-order valence-electron chi connectivity index (χ2n) is 8.20. The zero-order chi connectivity index (χ0) is 23.1. The summed E-state index contributed by atoms with van der Waals surface area (Å²) in [4.78, 5) is 26.3.